The number of benzene rings is 3. The largest absolute Gasteiger partial charge is 0.494 e. The molecule has 2 aliphatic rings. The van der Waals surface area contributed by atoms with Crippen molar-refractivity contribution in [3.63, 3.8) is 0 Å². The summed E-state index contributed by atoms with van der Waals surface area (Å²) >= 11 is 0. The van der Waals surface area contributed by atoms with Gasteiger partial charge in [-0.15, -0.1) is 0 Å². The molecule has 4 rings (SSSR count). The molecule has 0 radical (unpaired) electrons. The lowest BCUT2D eigenvalue weighted by atomic mass is 9.91. The highest BCUT2D eigenvalue weighted by atomic mass is 16.5. The molecule has 2 aromatic carbocycles. The monoisotopic (exact) mass is 416 g/mol. The van der Waals surface area contributed by atoms with Gasteiger partial charge in [0.1, 0.15) is 30.2 Å². The molecule has 31 heavy (non-hydrogen) atoms. The van der Waals surface area contributed by atoms with Crippen molar-refractivity contribution in [1.82, 2.24) is 4.58 Å². The summed E-state index contributed by atoms with van der Waals surface area (Å²) in [7, 11) is 0. The number of rotatable bonds is 6. The van der Waals surface area contributed by atoms with Gasteiger partial charge in [-0.05, 0) is 50.6 Å². The topological polar surface area (TPSA) is 62.7 Å². The van der Waals surface area contributed by atoms with E-state index >= 15 is 0 Å². The Morgan fingerprint density at radius 2 is 1.74 bits per heavy atom. The molecule has 5 nitrogen and oxygen atoms in total. The molecular formula is C26H26NO4+. The molecule has 0 saturated carbocycles. The zero-order valence-corrected chi connectivity index (χ0v) is 18.0. The summed E-state index contributed by atoms with van der Waals surface area (Å²) < 4.78 is 14.2. The SMILES string of the molecule is CCOc1ccc2c(-c3ccccc3C(=O)O)c3ccc(=[N+](CC)CC)cc-3oc2c1. The van der Waals surface area contributed by atoms with E-state index in [1.807, 2.05) is 49.4 Å². The quantitative estimate of drug-likeness (QED) is 0.350. The van der Waals surface area contributed by atoms with Gasteiger partial charge in [0.25, 0.3) is 0 Å². The summed E-state index contributed by atoms with van der Waals surface area (Å²) in [6, 6.07) is 18.9. The predicted molar refractivity (Wildman–Crippen MR) is 123 cm³/mol. The Balaban J connectivity index is 2.14. The Kier molecular flexibility index (Phi) is 5.76. The average molecular weight is 416 g/mol. The number of fused-ring (bicyclic) bond motifs is 2. The molecule has 0 saturated heterocycles. The molecule has 0 atom stereocenters. The van der Waals surface area contributed by atoms with Crippen LogP contribution in [0, 0.1) is 0 Å². The third-order valence-electron chi connectivity index (χ3n) is 5.54. The van der Waals surface area contributed by atoms with Crippen LogP contribution in [0.5, 0.6) is 5.75 Å². The second-order valence-corrected chi connectivity index (χ2v) is 7.27. The second kappa shape index (κ2) is 8.64. The van der Waals surface area contributed by atoms with E-state index in [1.165, 1.54) is 0 Å². The zero-order chi connectivity index (χ0) is 22.0. The van der Waals surface area contributed by atoms with Gasteiger partial charge in [0.05, 0.1) is 18.2 Å². The van der Waals surface area contributed by atoms with Crippen LogP contribution in [0.4, 0.5) is 0 Å². The van der Waals surface area contributed by atoms with E-state index in [0.29, 0.717) is 23.5 Å². The summed E-state index contributed by atoms with van der Waals surface area (Å²) in [4.78, 5) is 12.0. The van der Waals surface area contributed by atoms with Crippen molar-refractivity contribution >= 4 is 16.9 Å². The first-order chi connectivity index (χ1) is 15.1. The summed E-state index contributed by atoms with van der Waals surface area (Å²) in [5.41, 5.74) is 3.31. The van der Waals surface area contributed by atoms with Crippen LogP contribution < -0.4 is 14.7 Å². The van der Waals surface area contributed by atoms with Gasteiger partial charge >= 0.3 is 5.97 Å². The van der Waals surface area contributed by atoms with Crippen LogP contribution in [0.25, 0.3) is 33.4 Å². The van der Waals surface area contributed by atoms with Crippen LogP contribution >= 0.6 is 0 Å². The summed E-state index contributed by atoms with van der Waals surface area (Å²) in [5, 5.41) is 11.7. The number of hydrogen-bond acceptors (Lipinski definition) is 3. The van der Waals surface area contributed by atoms with E-state index in [0.717, 1.165) is 40.7 Å². The number of nitrogens with zero attached hydrogens (tertiary/aromatic N) is 1. The third-order valence-corrected chi connectivity index (χ3v) is 5.54. The fourth-order valence-corrected chi connectivity index (χ4v) is 4.08. The van der Waals surface area contributed by atoms with E-state index < -0.39 is 5.97 Å². The Morgan fingerprint density at radius 3 is 2.45 bits per heavy atom. The molecule has 1 heterocycles. The van der Waals surface area contributed by atoms with Crippen LogP contribution in [0.2, 0.25) is 0 Å². The van der Waals surface area contributed by atoms with E-state index in [4.69, 9.17) is 9.15 Å². The van der Waals surface area contributed by atoms with Gasteiger partial charge in [-0.3, -0.25) is 0 Å². The number of hydrogen-bond donors (Lipinski definition) is 1. The second-order valence-electron chi connectivity index (χ2n) is 7.27. The molecular weight excluding hydrogens is 390 g/mol. The Hall–Kier alpha value is -3.60. The Morgan fingerprint density at radius 1 is 0.968 bits per heavy atom. The highest BCUT2D eigenvalue weighted by Crippen LogP contribution is 2.41. The number of carboxylic acid groups (broad SMARTS) is 1. The maximum atomic E-state index is 12.0. The van der Waals surface area contributed by atoms with Gasteiger partial charge in [-0.2, -0.15) is 0 Å². The maximum Gasteiger partial charge on any atom is 0.336 e. The van der Waals surface area contributed by atoms with Crippen molar-refractivity contribution < 1.29 is 19.1 Å². The first-order valence-corrected chi connectivity index (χ1v) is 10.6. The number of ether oxygens (including phenoxy) is 1. The smallest absolute Gasteiger partial charge is 0.336 e. The normalized spacial score (nSPS) is 11.1. The zero-order valence-electron chi connectivity index (χ0n) is 18.0. The molecule has 0 amide bonds. The lowest BCUT2D eigenvalue weighted by Crippen LogP contribution is -2.29. The number of aromatic carboxylic acids is 1. The third kappa shape index (κ3) is 3.79. The van der Waals surface area contributed by atoms with Gasteiger partial charge < -0.3 is 14.3 Å². The highest BCUT2D eigenvalue weighted by molar-refractivity contribution is 6.07. The molecule has 0 bridgehead atoms. The van der Waals surface area contributed by atoms with Gasteiger partial charge in [0.15, 0.2) is 0 Å². The number of carbonyl (C=O) groups is 1. The van der Waals surface area contributed by atoms with Crippen LogP contribution in [0.15, 0.2) is 65.1 Å². The van der Waals surface area contributed by atoms with Gasteiger partial charge in [-0.1, -0.05) is 18.2 Å². The maximum absolute atomic E-state index is 12.0. The van der Waals surface area contributed by atoms with Crippen LogP contribution in [0.1, 0.15) is 31.1 Å². The van der Waals surface area contributed by atoms with Crippen LogP contribution in [0.3, 0.4) is 0 Å². The summed E-state index contributed by atoms with van der Waals surface area (Å²) in [6.07, 6.45) is 0. The van der Waals surface area contributed by atoms with Crippen molar-refractivity contribution in [2.75, 3.05) is 19.7 Å². The van der Waals surface area contributed by atoms with Gasteiger partial charge in [-0.25, -0.2) is 9.37 Å². The fourth-order valence-electron chi connectivity index (χ4n) is 4.08. The van der Waals surface area contributed by atoms with Crippen molar-refractivity contribution in [2.24, 2.45) is 0 Å². The molecule has 0 unspecified atom stereocenters. The van der Waals surface area contributed by atoms with Crippen molar-refractivity contribution in [2.45, 2.75) is 20.8 Å². The van der Waals surface area contributed by atoms with E-state index in [2.05, 4.69) is 24.5 Å². The fraction of sp³-hybridized carbons (Fsp3) is 0.231. The van der Waals surface area contributed by atoms with E-state index in [9.17, 15) is 9.90 Å². The Bertz CT molecular complexity index is 1300. The minimum absolute atomic E-state index is 0.262. The summed E-state index contributed by atoms with van der Waals surface area (Å²) in [5.74, 6) is 0.472. The molecule has 158 valence electrons. The van der Waals surface area contributed by atoms with Crippen molar-refractivity contribution in [1.29, 1.82) is 0 Å². The molecule has 0 aromatic heterocycles. The highest BCUT2D eigenvalue weighted by Gasteiger charge is 2.22. The molecule has 2 aromatic rings. The molecule has 5 heteroatoms. The minimum Gasteiger partial charge on any atom is -0.494 e. The van der Waals surface area contributed by atoms with Gasteiger partial charge in [0.2, 0.25) is 5.36 Å². The van der Waals surface area contributed by atoms with Crippen molar-refractivity contribution in [3.8, 4) is 28.2 Å². The number of carboxylic acids is 1. The first kappa shape index (κ1) is 20.7. The van der Waals surface area contributed by atoms with Gasteiger partial charge in [0, 0.05) is 28.6 Å². The molecule has 1 N–H and O–H groups in total. The standard InChI is InChI=1S/C26H25NO4/c1-4-27(5-2)17-11-13-21-23(15-17)31-24-16-18(30-6-3)12-14-22(24)25(21)19-9-7-8-10-20(19)26(28)29/h7-16H,4-6H2,1-3H3/p+1. The molecule has 1 aliphatic carbocycles. The average Bonchev–Trinajstić information content (AvgIpc) is 2.78. The van der Waals surface area contributed by atoms with E-state index in [-0.39, 0.29) is 5.56 Å². The lowest BCUT2D eigenvalue weighted by Gasteiger charge is -2.17. The van der Waals surface area contributed by atoms with Crippen LogP contribution in [-0.2, 0) is 0 Å². The molecule has 0 fully saturated rings. The summed E-state index contributed by atoms with van der Waals surface area (Å²) in [6.45, 7) is 8.51. The van der Waals surface area contributed by atoms with Crippen LogP contribution in [-0.4, -0.2) is 30.8 Å². The first-order valence-electron chi connectivity index (χ1n) is 10.6. The Labute approximate surface area is 181 Å². The predicted octanol–water partition coefficient (Wildman–Crippen LogP) is 5.11. The lowest BCUT2D eigenvalue weighted by molar-refractivity contribution is 0.0697. The van der Waals surface area contributed by atoms with E-state index in [1.54, 1.807) is 12.1 Å². The van der Waals surface area contributed by atoms with Crippen molar-refractivity contribution in [3.05, 3.63) is 71.6 Å². The molecule has 1 aliphatic heterocycles. The molecule has 0 spiro atoms. The minimum atomic E-state index is -0.955.